The third-order valence-electron chi connectivity index (χ3n) is 4.22. The van der Waals surface area contributed by atoms with Gasteiger partial charge in [-0.05, 0) is 36.2 Å². The minimum atomic E-state index is 0.0956. The molecule has 0 unspecified atom stereocenters. The van der Waals surface area contributed by atoms with E-state index in [0.29, 0.717) is 4.34 Å². The summed E-state index contributed by atoms with van der Waals surface area (Å²) in [5.41, 5.74) is 1.26. The minimum absolute atomic E-state index is 0.0956. The van der Waals surface area contributed by atoms with E-state index in [9.17, 15) is 4.79 Å². The van der Waals surface area contributed by atoms with E-state index >= 15 is 0 Å². The number of carbonyl (C=O) groups excluding carboxylic acids is 1. The van der Waals surface area contributed by atoms with Gasteiger partial charge < -0.3 is 9.64 Å². The Morgan fingerprint density at radius 1 is 1.12 bits per heavy atom. The van der Waals surface area contributed by atoms with E-state index in [2.05, 4.69) is 17.0 Å². The van der Waals surface area contributed by atoms with Gasteiger partial charge in [0.05, 0.1) is 16.3 Å². The third-order valence-corrected chi connectivity index (χ3v) is 5.44. The molecule has 0 radical (unpaired) electrons. The van der Waals surface area contributed by atoms with Crippen LogP contribution < -0.4 is 4.74 Å². The Hall–Kier alpha value is -1.56. The van der Waals surface area contributed by atoms with Crippen LogP contribution >= 0.6 is 22.9 Å². The molecule has 0 atom stereocenters. The number of thiophene rings is 1. The molecule has 2 aromatic rings. The van der Waals surface area contributed by atoms with Gasteiger partial charge in [0.25, 0.3) is 5.91 Å². The monoisotopic (exact) mass is 364 g/mol. The molecule has 1 aromatic heterocycles. The summed E-state index contributed by atoms with van der Waals surface area (Å²) in [6.07, 6.45) is 0.987. The highest BCUT2D eigenvalue weighted by molar-refractivity contribution is 7.17. The van der Waals surface area contributed by atoms with Gasteiger partial charge in [-0.3, -0.25) is 9.69 Å². The van der Waals surface area contributed by atoms with Crippen molar-refractivity contribution in [1.29, 1.82) is 0 Å². The van der Waals surface area contributed by atoms with Crippen LogP contribution in [-0.2, 0) is 6.54 Å². The fraction of sp³-hybridized carbons (Fsp3) is 0.389. The molecule has 4 nitrogen and oxygen atoms in total. The SMILES string of the molecule is COc1ccc(CN2CCCN(C(=O)c3ccc(Cl)s3)CC2)cc1. The Morgan fingerprint density at radius 2 is 1.92 bits per heavy atom. The molecule has 1 aromatic carbocycles. The van der Waals surface area contributed by atoms with Crippen LogP contribution in [0.4, 0.5) is 0 Å². The average molecular weight is 365 g/mol. The highest BCUT2D eigenvalue weighted by atomic mass is 35.5. The first-order valence-electron chi connectivity index (χ1n) is 8.05. The van der Waals surface area contributed by atoms with Crippen LogP contribution in [0.25, 0.3) is 0 Å². The van der Waals surface area contributed by atoms with Crippen molar-refractivity contribution in [1.82, 2.24) is 9.80 Å². The van der Waals surface area contributed by atoms with Gasteiger partial charge in [0.15, 0.2) is 0 Å². The Bertz CT molecular complexity index is 687. The van der Waals surface area contributed by atoms with Crippen LogP contribution in [0, 0.1) is 0 Å². The van der Waals surface area contributed by atoms with Crippen molar-refractivity contribution < 1.29 is 9.53 Å². The predicted molar refractivity (Wildman–Crippen MR) is 98.1 cm³/mol. The van der Waals surface area contributed by atoms with Gasteiger partial charge in [-0.15, -0.1) is 11.3 Å². The summed E-state index contributed by atoms with van der Waals surface area (Å²) in [4.78, 5) is 17.6. The molecule has 6 heteroatoms. The first-order valence-corrected chi connectivity index (χ1v) is 9.25. The number of carbonyl (C=O) groups is 1. The van der Waals surface area contributed by atoms with Crippen LogP contribution in [-0.4, -0.2) is 49.0 Å². The molecule has 128 valence electrons. The summed E-state index contributed by atoms with van der Waals surface area (Å²) in [5, 5.41) is 0. The maximum atomic E-state index is 12.5. The van der Waals surface area contributed by atoms with Crippen molar-refractivity contribution in [3.8, 4) is 5.75 Å². The fourth-order valence-corrected chi connectivity index (χ4v) is 3.92. The second kappa shape index (κ2) is 8.01. The maximum absolute atomic E-state index is 12.5. The minimum Gasteiger partial charge on any atom is -0.497 e. The third kappa shape index (κ3) is 4.29. The van der Waals surface area contributed by atoms with Crippen LogP contribution in [0.5, 0.6) is 5.75 Å². The number of halogens is 1. The van der Waals surface area contributed by atoms with Gasteiger partial charge >= 0.3 is 0 Å². The number of amides is 1. The highest BCUT2D eigenvalue weighted by Crippen LogP contribution is 2.23. The second-order valence-corrected chi connectivity index (χ2v) is 7.59. The van der Waals surface area contributed by atoms with Gasteiger partial charge in [-0.25, -0.2) is 0 Å². The number of ether oxygens (including phenoxy) is 1. The van der Waals surface area contributed by atoms with Crippen molar-refractivity contribution in [2.75, 3.05) is 33.3 Å². The molecule has 1 fully saturated rings. The number of rotatable bonds is 4. The molecule has 0 saturated carbocycles. The maximum Gasteiger partial charge on any atom is 0.264 e. The molecule has 0 N–H and O–H groups in total. The topological polar surface area (TPSA) is 32.8 Å². The molecule has 1 aliphatic rings. The first-order chi connectivity index (χ1) is 11.7. The number of methoxy groups -OCH3 is 1. The normalized spacial score (nSPS) is 16.0. The van der Waals surface area contributed by atoms with Crippen molar-refractivity contribution in [2.45, 2.75) is 13.0 Å². The van der Waals surface area contributed by atoms with Crippen LogP contribution in [0.1, 0.15) is 21.7 Å². The zero-order chi connectivity index (χ0) is 16.9. The molecule has 1 saturated heterocycles. The predicted octanol–water partition coefficient (Wildman–Crippen LogP) is 3.76. The Kier molecular flexibility index (Phi) is 5.76. The van der Waals surface area contributed by atoms with Crippen molar-refractivity contribution in [2.24, 2.45) is 0 Å². The Labute approximate surface area is 151 Å². The molecule has 1 aliphatic heterocycles. The molecule has 24 heavy (non-hydrogen) atoms. The van der Waals surface area contributed by atoms with Crippen molar-refractivity contribution in [3.63, 3.8) is 0 Å². The van der Waals surface area contributed by atoms with E-state index in [1.54, 1.807) is 13.2 Å². The van der Waals surface area contributed by atoms with Crippen molar-refractivity contribution in [3.05, 3.63) is 51.2 Å². The molecular formula is C18H21ClN2O2S. The molecule has 3 rings (SSSR count). The number of nitrogens with zero attached hydrogens (tertiary/aromatic N) is 2. The first kappa shape index (κ1) is 17.3. The fourth-order valence-electron chi connectivity index (χ4n) is 2.91. The summed E-state index contributed by atoms with van der Waals surface area (Å²) >= 11 is 7.29. The van der Waals surface area contributed by atoms with Gasteiger partial charge in [-0.1, -0.05) is 23.7 Å². The van der Waals surface area contributed by atoms with Crippen LogP contribution in [0.3, 0.4) is 0 Å². The van der Waals surface area contributed by atoms with Crippen LogP contribution in [0.2, 0.25) is 4.34 Å². The molecular weight excluding hydrogens is 344 g/mol. The number of hydrogen-bond acceptors (Lipinski definition) is 4. The highest BCUT2D eigenvalue weighted by Gasteiger charge is 2.21. The van der Waals surface area contributed by atoms with E-state index in [-0.39, 0.29) is 5.91 Å². The summed E-state index contributed by atoms with van der Waals surface area (Å²) in [5.74, 6) is 0.971. The smallest absolute Gasteiger partial charge is 0.264 e. The van der Waals surface area contributed by atoms with Gasteiger partial charge in [0.2, 0.25) is 0 Å². The molecule has 1 amide bonds. The Balaban J connectivity index is 1.57. The van der Waals surface area contributed by atoms with Crippen LogP contribution in [0.15, 0.2) is 36.4 Å². The molecule has 0 aliphatic carbocycles. The molecule has 0 spiro atoms. The van der Waals surface area contributed by atoms with Gasteiger partial charge in [0, 0.05) is 32.7 Å². The lowest BCUT2D eigenvalue weighted by Gasteiger charge is -2.21. The molecule has 2 heterocycles. The summed E-state index contributed by atoms with van der Waals surface area (Å²) in [6.45, 7) is 4.34. The van der Waals surface area contributed by atoms with E-state index in [0.717, 1.165) is 49.8 Å². The van der Waals surface area contributed by atoms with E-state index in [1.807, 2.05) is 23.1 Å². The lowest BCUT2D eigenvalue weighted by molar-refractivity contribution is 0.0766. The van der Waals surface area contributed by atoms with Gasteiger partial charge in [0.1, 0.15) is 5.75 Å². The van der Waals surface area contributed by atoms with E-state index in [4.69, 9.17) is 16.3 Å². The van der Waals surface area contributed by atoms with E-state index in [1.165, 1.54) is 16.9 Å². The standard InChI is InChI=1S/C18H21ClN2O2S/c1-23-15-5-3-14(4-6-15)13-20-9-2-10-21(12-11-20)18(22)16-7-8-17(19)24-16/h3-8H,2,9-13H2,1H3. The summed E-state index contributed by atoms with van der Waals surface area (Å²) in [7, 11) is 1.68. The second-order valence-electron chi connectivity index (χ2n) is 5.87. The lowest BCUT2D eigenvalue weighted by Crippen LogP contribution is -2.34. The van der Waals surface area contributed by atoms with E-state index < -0.39 is 0 Å². The van der Waals surface area contributed by atoms with Crippen molar-refractivity contribution >= 4 is 28.8 Å². The summed E-state index contributed by atoms with van der Waals surface area (Å²) < 4.78 is 5.86. The zero-order valence-electron chi connectivity index (χ0n) is 13.7. The average Bonchev–Trinajstić information content (AvgIpc) is 2.90. The molecule has 0 bridgehead atoms. The quantitative estimate of drug-likeness (QED) is 0.828. The lowest BCUT2D eigenvalue weighted by atomic mass is 10.2. The number of hydrogen-bond donors (Lipinski definition) is 0. The Morgan fingerprint density at radius 3 is 2.58 bits per heavy atom. The van der Waals surface area contributed by atoms with Gasteiger partial charge in [-0.2, -0.15) is 0 Å². The zero-order valence-corrected chi connectivity index (χ0v) is 15.3. The largest absolute Gasteiger partial charge is 0.497 e. The number of benzene rings is 1. The summed E-state index contributed by atoms with van der Waals surface area (Å²) in [6, 6.07) is 11.8.